The molecule has 88 valence electrons. The molecule has 2 nitrogen and oxygen atoms in total. The molecule has 17 heavy (non-hydrogen) atoms. The fraction of sp³-hybridized carbons (Fsp3) is 0.214. The topological polar surface area (TPSA) is 22.0 Å². The van der Waals surface area contributed by atoms with Crippen LogP contribution in [-0.2, 0) is 0 Å². The highest BCUT2D eigenvalue weighted by Crippen LogP contribution is 2.13. The van der Waals surface area contributed by atoms with Crippen LogP contribution in [0.4, 0.5) is 4.39 Å². The predicted octanol–water partition coefficient (Wildman–Crippen LogP) is 3.60. The van der Waals surface area contributed by atoms with Gasteiger partial charge in [-0.2, -0.15) is 0 Å². The Bertz CT molecular complexity index is 513. The molecule has 0 aliphatic heterocycles. The Kier molecular flexibility index (Phi) is 3.38. The van der Waals surface area contributed by atoms with E-state index in [4.69, 9.17) is 0 Å². The van der Waals surface area contributed by atoms with E-state index in [0.29, 0.717) is 12.0 Å². The third-order valence-electron chi connectivity index (χ3n) is 2.62. The average Bonchev–Trinajstić information content (AvgIpc) is 2.80. The van der Waals surface area contributed by atoms with Crippen LogP contribution >= 0.6 is 0 Å². The van der Waals surface area contributed by atoms with E-state index >= 15 is 0 Å². The van der Waals surface area contributed by atoms with Crippen molar-refractivity contribution in [1.29, 1.82) is 0 Å². The van der Waals surface area contributed by atoms with E-state index in [2.05, 4.69) is 0 Å². The monoisotopic (exact) mass is 231 g/mol. The Morgan fingerprint density at radius 2 is 1.94 bits per heavy atom. The van der Waals surface area contributed by atoms with E-state index in [-0.39, 0.29) is 11.6 Å². The van der Waals surface area contributed by atoms with Crippen LogP contribution in [0.5, 0.6) is 0 Å². The summed E-state index contributed by atoms with van der Waals surface area (Å²) in [5, 5.41) is 0. The van der Waals surface area contributed by atoms with Crippen molar-refractivity contribution < 1.29 is 9.18 Å². The van der Waals surface area contributed by atoms with Gasteiger partial charge in [-0.25, -0.2) is 4.39 Å². The lowest BCUT2D eigenvalue weighted by molar-refractivity contribution is 0.0982. The molecule has 0 fully saturated rings. The van der Waals surface area contributed by atoms with Crippen LogP contribution in [0.2, 0.25) is 0 Å². The first kappa shape index (κ1) is 11.6. The number of ketones is 1. The molecule has 0 N–H and O–H groups in total. The fourth-order valence-electron chi connectivity index (χ4n) is 1.71. The average molecular weight is 231 g/mol. The van der Waals surface area contributed by atoms with Crippen LogP contribution in [0.1, 0.15) is 30.1 Å². The quantitative estimate of drug-likeness (QED) is 0.737. The van der Waals surface area contributed by atoms with Crippen LogP contribution in [-0.4, -0.2) is 10.4 Å². The van der Waals surface area contributed by atoms with Crippen molar-refractivity contribution in [2.45, 2.75) is 19.8 Å². The molecule has 0 saturated heterocycles. The van der Waals surface area contributed by atoms with Crippen LogP contribution in [0.15, 0.2) is 42.7 Å². The van der Waals surface area contributed by atoms with Crippen molar-refractivity contribution in [1.82, 2.24) is 4.57 Å². The maximum absolute atomic E-state index is 12.8. The lowest BCUT2D eigenvalue weighted by Crippen LogP contribution is -1.96. The summed E-state index contributed by atoms with van der Waals surface area (Å²) < 4.78 is 14.6. The first-order valence-electron chi connectivity index (χ1n) is 5.68. The minimum absolute atomic E-state index is 0.147. The molecule has 0 atom stereocenters. The summed E-state index contributed by atoms with van der Waals surface area (Å²) in [5.74, 6) is -0.114. The van der Waals surface area contributed by atoms with Gasteiger partial charge in [0.05, 0.1) is 0 Å². The second kappa shape index (κ2) is 4.95. The maximum Gasteiger partial charge on any atom is 0.164 e. The van der Waals surface area contributed by atoms with Crippen LogP contribution in [0.3, 0.4) is 0 Å². The number of Topliss-reactive ketones (excluding diaryl/α,β-unsaturated/α-hetero) is 1. The Hall–Kier alpha value is -1.90. The third kappa shape index (κ3) is 2.61. The summed E-state index contributed by atoms with van der Waals surface area (Å²) >= 11 is 0. The second-order valence-electron chi connectivity index (χ2n) is 3.96. The molecule has 2 aromatic rings. The van der Waals surface area contributed by atoms with E-state index in [9.17, 15) is 9.18 Å². The van der Waals surface area contributed by atoms with Gasteiger partial charge in [-0.15, -0.1) is 0 Å². The van der Waals surface area contributed by atoms with Crippen molar-refractivity contribution in [3.63, 3.8) is 0 Å². The number of aromatic nitrogens is 1. The highest BCUT2D eigenvalue weighted by atomic mass is 19.1. The minimum Gasteiger partial charge on any atom is -0.323 e. The first-order valence-corrected chi connectivity index (χ1v) is 5.68. The Morgan fingerprint density at radius 1 is 1.24 bits per heavy atom. The third-order valence-corrected chi connectivity index (χ3v) is 2.62. The minimum atomic E-state index is -0.261. The van der Waals surface area contributed by atoms with E-state index in [1.807, 2.05) is 17.7 Å². The molecule has 0 amide bonds. The number of nitrogens with zero attached hydrogens (tertiary/aromatic N) is 1. The number of rotatable bonds is 4. The molecule has 1 heterocycles. The highest BCUT2D eigenvalue weighted by molar-refractivity contribution is 5.95. The summed E-state index contributed by atoms with van der Waals surface area (Å²) in [7, 11) is 0. The molecule has 0 aliphatic carbocycles. The Balaban J connectivity index is 2.23. The van der Waals surface area contributed by atoms with Crippen molar-refractivity contribution in [2.24, 2.45) is 0 Å². The molecule has 0 spiro atoms. The maximum atomic E-state index is 12.8. The molecule has 0 aliphatic rings. The molecule has 0 bridgehead atoms. The molecule has 0 saturated carbocycles. The van der Waals surface area contributed by atoms with Gasteiger partial charge in [0.25, 0.3) is 0 Å². The molecular formula is C14H14FNO. The number of carbonyl (C=O) groups is 1. The summed E-state index contributed by atoms with van der Waals surface area (Å²) in [6, 6.07) is 7.97. The molecule has 0 radical (unpaired) electrons. The summed E-state index contributed by atoms with van der Waals surface area (Å²) in [4.78, 5) is 11.7. The summed E-state index contributed by atoms with van der Waals surface area (Å²) in [5.41, 5.74) is 1.55. The lowest BCUT2D eigenvalue weighted by Gasteiger charge is -2.01. The number of hydrogen-bond acceptors (Lipinski definition) is 1. The predicted molar refractivity (Wildman–Crippen MR) is 65.0 cm³/mol. The van der Waals surface area contributed by atoms with Crippen LogP contribution in [0, 0.1) is 5.82 Å². The summed E-state index contributed by atoms with van der Waals surface area (Å²) in [6.45, 7) is 1.98. The van der Waals surface area contributed by atoms with Gasteiger partial charge in [0.15, 0.2) is 5.78 Å². The van der Waals surface area contributed by atoms with Crippen molar-refractivity contribution >= 4 is 5.78 Å². The highest BCUT2D eigenvalue weighted by Gasteiger charge is 2.06. The standard InChI is InChI=1S/C14H14FNO/c1-2-3-14(17)11-8-9-16(10-11)13-6-4-12(15)5-7-13/h4-10H,2-3H2,1H3. The van der Waals surface area contributed by atoms with Gasteiger partial charge in [-0.3, -0.25) is 4.79 Å². The lowest BCUT2D eigenvalue weighted by atomic mass is 10.1. The zero-order valence-electron chi connectivity index (χ0n) is 9.69. The van der Waals surface area contributed by atoms with E-state index in [1.165, 1.54) is 12.1 Å². The second-order valence-corrected chi connectivity index (χ2v) is 3.96. The zero-order valence-corrected chi connectivity index (χ0v) is 9.69. The van der Waals surface area contributed by atoms with Crippen molar-refractivity contribution in [2.75, 3.05) is 0 Å². The zero-order chi connectivity index (χ0) is 12.3. The number of hydrogen-bond donors (Lipinski definition) is 0. The fourth-order valence-corrected chi connectivity index (χ4v) is 1.71. The van der Waals surface area contributed by atoms with Crippen molar-refractivity contribution in [3.05, 3.63) is 54.1 Å². The summed E-state index contributed by atoms with van der Waals surface area (Å²) in [6.07, 6.45) is 5.01. The van der Waals surface area contributed by atoms with E-state index in [0.717, 1.165) is 12.1 Å². The normalized spacial score (nSPS) is 10.5. The molecule has 3 heteroatoms. The Labute approximate surface area is 99.7 Å². The van der Waals surface area contributed by atoms with Gasteiger partial charge in [-0.05, 0) is 36.8 Å². The SMILES string of the molecule is CCCC(=O)c1ccn(-c2ccc(F)cc2)c1. The molecule has 2 rings (SSSR count). The molecule has 0 unspecified atom stereocenters. The number of benzene rings is 1. The number of halogens is 1. The van der Waals surface area contributed by atoms with Gasteiger partial charge in [0.1, 0.15) is 5.82 Å². The van der Waals surface area contributed by atoms with Crippen molar-refractivity contribution in [3.8, 4) is 5.69 Å². The number of carbonyl (C=O) groups excluding carboxylic acids is 1. The van der Waals surface area contributed by atoms with Crippen LogP contribution in [0.25, 0.3) is 5.69 Å². The first-order chi connectivity index (χ1) is 8.20. The Morgan fingerprint density at radius 3 is 2.59 bits per heavy atom. The largest absolute Gasteiger partial charge is 0.323 e. The molecule has 1 aromatic carbocycles. The van der Waals surface area contributed by atoms with Gasteiger partial charge < -0.3 is 4.57 Å². The smallest absolute Gasteiger partial charge is 0.164 e. The van der Waals surface area contributed by atoms with Gasteiger partial charge in [0, 0.05) is 30.1 Å². The van der Waals surface area contributed by atoms with E-state index in [1.54, 1.807) is 24.4 Å². The van der Waals surface area contributed by atoms with Gasteiger partial charge in [-0.1, -0.05) is 6.92 Å². The van der Waals surface area contributed by atoms with Gasteiger partial charge in [0.2, 0.25) is 0 Å². The van der Waals surface area contributed by atoms with E-state index < -0.39 is 0 Å². The molecular weight excluding hydrogens is 217 g/mol. The van der Waals surface area contributed by atoms with Crippen LogP contribution < -0.4 is 0 Å². The van der Waals surface area contributed by atoms with Gasteiger partial charge >= 0.3 is 0 Å². The molecule has 1 aromatic heterocycles.